The minimum absolute atomic E-state index is 0.146. The maximum atomic E-state index is 12.4. The molecule has 0 saturated heterocycles. The van der Waals surface area contributed by atoms with Crippen LogP contribution in [0.4, 0.5) is 5.69 Å². The molecule has 0 fully saturated rings. The Morgan fingerprint density at radius 2 is 1.82 bits per heavy atom. The fourth-order valence-electron chi connectivity index (χ4n) is 3.24. The first-order valence-electron chi connectivity index (χ1n) is 10.8. The molecule has 9 heteroatoms. The molecular weight excluding hydrogens is 452 g/mol. The van der Waals surface area contributed by atoms with E-state index in [9.17, 15) is 9.59 Å². The lowest BCUT2D eigenvalue weighted by molar-refractivity contribution is -0.113. The fourth-order valence-corrected chi connectivity index (χ4v) is 4.01. The van der Waals surface area contributed by atoms with E-state index in [1.807, 2.05) is 30.5 Å². The third kappa shape index (κ3) is 6.95. The van der Waals surface area contributed by atoms with Crippen molar-refractivity contribution in [3.63, 3.8) is 0 Å². The van der Waals surface area contributed by atoms with E-state index in [1.54, 1.807) is 37.3 Å². The van der Waals surface area contributed by atoms with Gasteiger partial charge < -0.3 is 14.8 Å². The van der Waals surface area contributed by atoms with E-state index in [0.717, 1.165) is 16.9 Å². The number of rotatable bonds is 11. The zero-order valence-electron chi connectivity index (χ0n) is 19.5. The second kappa shape index (κ2) is 12.0. The minimum atomic E-state index is -0.394. The fraction of sp³-hybridized carbons (Fsp3) is 0.280. The van der Waals surface area contributed by atoms with Gasteiger partial charge >= 0.3 is 5.97 Å². The molecule has 0 aliphatic heterocycles. The van der Waals surface area contributed by atoms with E-state index in [1.165, 1.54) is 11.8 Å². The molecule has 0 saturated carbocycles. The number of amides is 1. The molecule has 3 aromatic rings. The first kappa shape index (κ1) is 25.0. The number of aromatic nitrogens is 3. The summed E-state index contributed by atoms with van der Waals surface area (Å²) in [5.41, 5.74) is 3.27. The van der Waals surface area contributed by atoms with Gasteiger partial charge in [-0.1, -0.05) is 23.9 Å². The lowest BCUT2D eigenvalue weighted by Crippen LogP contribution is -2.15. The standard InChI is InChI=1S/C25H28N4O4S/c1-5-11-29-22(15-33-21-13-17(3)12-18(4)14-21)27-28-25(29)34-16-23(30)26-20-9-7-19(8-10-20)24(31)32-6-2/h5,7-10,12-14H,1,6,11,15-16H2,2-4H3,(H,26,30). The smallest absolute Gasteiger partial charge is 0.338 e. The largest absolute Gasteiger partial charge is 0.486 e. The Morgan fingerprint density at radius 1 is 1.12 bits per heavy atom. The van der Waals surface area contributed by atoms with Gasteiger partial charge in [0.1, 0.15) is 12.4 Å². The van der Waals surface area contributed by atoms with E-state index < -0.39 is 5.97 Å². The van der Waals surface area contributed by atoms with Crippen molar-refractivity contribution in [1.82, 2.24) is 14.8 Å². The number of nitrogens with zero attached hydrogens (tertiary/aromatic N) is 3. The molecule has 0 atom stereocenters. The summed E-state index contributed by atoms with van der Waals surface area (Å²) in [6, 6.07) is 12.6. The Kier molecular flexibility index (Phi) is 8.86. The van der Waals surface area contributed by atoms with Gasteiger partial charge in [-0.15, -0.1) is 16.8 Å². The second-order valence-electron chi connectivity index (χ2n) is 7.54. The zero-order valence-corrected chi connectivity index (χ0v) is 20.4. The minimum Gasteiger partial charge on any atom is -0.486 e. The van der Waals surface area contributed by atoms with Crippen molar-refractivity contribution in [1.29, 1.82) is 0 Å². The Morgan fingerprint density at radius 3 is 2.47 bits per heavy atom. The lowest BCUT2D eigenvalue weighted by atomic mass is 10.1. The molecule has 1 N–H and O–H groups in total. The van der Waals surface area contributed by atoms with Crippen LogP contribution in [0.15, 0.2) is 60.3 Å². The van der Waals surface area contributed by atoms with Gasteiger partial charge in [0.05, 0.1) is 17.9 Å². The molecule has 1 aromatic heterocycles. The van der Waals surface area contributed by atoms with Gasteiger partial charge in [0.2, 0.25) is 5.91 Å². The summed E-state index contributed by atoms with van der Waals surface area (Å²) >= 11 is 1.28. The number of hydrogen-bond acceptors (Lipinski definition) is 7. The molecule has 2 aromatic carbocycles. The SMILES string of the molecule is C=CCn1c(COc2cc(C)cc(C)c2)nnc1SCC(=O)Nc1ccc(C(=O)OCC)cc1. The van der Waals surface area contributed by atoms with E-state index in [-0.39, 0.29) is 18.3 Å². The van der Waals surface area contributed by atoms with Crippen LogP contribution in [-0.2, 0) is 22.7 Å². The van der Waals surface area contributed by atoms with Crippen molar-refractivity contribution >= 4 is 29.3 Å². The predicted molar refractivity (Wildman–Crippen MR) is 132 cm³/mol. The van der Waals surface area contributed by atoms with E-state index in [2.05, 4.69) is 28.2 Å². The number of carbonyl (C=O) groups is 2. The summed E-state index contributed by atoms with van der Waals surface area (Å²) < 4.78 is 12.8. The van der Waals surface area contributed by atoms with E-state index >= 15 is 0 Å². The summed E-state index contributed by atoms with van der Waals surface area (Å²) in [7, 11) is 0. The highest BCUT2D eigenvalue weighted by molar-refractivity contribution is 7.99. The predicted octanol–water partition coefficient (Wildman–Crippen LogP) is 4.57. The highest BCUT2D eigenvalue weighted by Crippen LogP contribution is 2.21. The van der Waals surface area contributed by atoms with Crippen LogP contribution in [0.5, 0.6) is 5.75 Å². The average molecular weight is 481 g/mol. The van der Waals surface area contributed by atoms with Gasteiger partial charge in [0, 0.05) is 12.2 Å². The number of anilines is 1. The number of allylic oxidation sites excluding steroid dienone is 1. The lowest BCUT2D eigenvalue weighted by Gasteiger charge is -2.10. The highest BCUT2D eigenvalue weighted by Gasteiger charge is 2.15. The Labute approximate surface area is 203 Å². The molecule has 3 rings (SSSR count). The van der Waals surface area contributed by atoms with Crippen molar-refractivity contribution in [3.05, 3.63) is 77.6 Å². The molecule has 178 valence electrons. The topological polar surface area (TPSA) is 95.3 Å². The first-order valence-corrected chi connectivity index (χ1v) is 11.8. The monoisotopic (exact) mass is 480 g/mol. The van der Waals surface area contributed by atoms with E-state index in [0.29, 0.717) is 35.4 Å². The van der Waals surface area contributed by atoms with Crippen LogP contribution in [0.25, 0.3) is 0 Å². The number of nitrogens with one attached hydrogen (secondary N) is 1. The number of ether oxygens (including phenoxy) is 2. The van der Waals surface area contributed by atoms with Crippen molar-refractivity contribution in [3.8, 4) is 5.75 Å². The van der Waals surface area contributed by atoms with Crippen LogP contribution in [0.1, 0.15) is 34.2 Å². The molecule has 0 unspecified atom stereocenters. The Bertz CT molecular complexity index is 1140. The summed E-state index contributed by atoms with van der Waals surface area (Å²) in [5.74, 6) is 0.974. The van der Waals surface area contributed by atoms with Crippen LogP contribution >= 0.6 is 11.8 Å². The number of thioether (sulfide) groups is 1. The van der Waals surface area contributed by atoms with Crippen molar-refractivity contribution < 1.29 is 19.1 Å². The van der Waals surface area contributed by atoms with Gasteiger partial charge in [-0.3, -0.25) is 9.36 Å². The molecule has 1 heterocycles. The molecule has 0 spiro atoms. The zero-order chi connectivity index (χ0) is 24.5. The summed E-state index contributed by atoms with van der Waals surface area (Å²) in [6.07, 6.45) is 1.75. The highest BCUT2D eigenvalue weighted by atomic mass is 32.2. The molecule has 34 heavy (non-hydrogen) atoms. The van der Waals surface area contributed by atoms with Crippen LogP contribution in [0.2, 0.25) is 0 Å². The summed E-state index contributed by atoms with van der Waals surface area (Å²) in [6.45, 7) is 10.7. The van der Waals surface area contributed by atoms with Gasteiger partial charge in [0.25, 0.3) is 0 Å². The molecule has 8 nitrogen and oxygen atoms in total. The quantitative estimate of drug-likeness (QED) is 0.244. The molecule has 1 amide bonds. The van der Waals surface area contributed by atoms with Crippen LogP contribution in [0.3, 0.4) is 0 Å². The Balaban J connectivity index is 1.58. The molecule has 0 bridgehead atoms. The van der Waals surface area contributed by atoms with Gasteiger partial charge in [-0.05, 0) is 68.3 Å². The number of benzene rings is 2. The Hall–Kier alpha value is -3.59. The second-order valence-corrected chi connectivity index (χ2v) is 8.49. The van der Waals surface area contributed by atoms with Crippen LogP contribution < -0.4 is 10.1 Å². The van der Waals surface area contributed by atoms with Crippen molar-refractivity contribution in [2.24, 2.45) is 0 Å². The third-order valence-corrected chi connectivity index (χ3v) is 5.65. The van der Waals surface area contributed by atoms with Gasteiger partial charge in [-0.25, -0.2) is 4.79 Å². The first-order chi connectivity index (χ1) is 16.4. The van der Waals surface area contributed by atoms with Crippen LogP contribution in [-0.4, -0.2) is 39.0 Å². The molecule has 0 radical (unpaired) electrons. The maximum Gasteiger partial charge on any atom is 0.338 e. The summed E-state index contributed by atoms with van der Waals surface area (Å²) in [4.78, 5) is 24.2. The molecule has 0 aliphatic carbocycles. The van der Waals surface area contributed by atoms with Crippen molar-refractivity contribution in [2.45, 2.75) is 39.1 Å². The normalized spacial score (nSPS) is 10.6. The van der Waals surface area contributed by atoms with Gasteiger partial charge in [0.15, 0.2) is 11.0 Å². The van der Waals surface area contributed by atoms with Gasteiger partial charge in [-0.2, -0.15) is 0 Å². The molecular formula is C25H28N4O4S. The number of carbonyl (C=O) groups excluding carboxylic acids is 2. The van der Waals surface area contributed by atoms with Crippen molar-refractivity contribution in [2.75, 3.05) is 17.7 Å². The third-order valence-electron chi connectivity index (χ3n) is 4.68. The average Bonchev–Trinajstić information content (AvgIpc) is 3.18. The summed E-state index contributed by atoms with van der Waals surface area (Å²) in [5, 5.41) is 11.9. The van der Waals surface area contributed by atoms with Crippen LogP contribution in [0, 0.1) is 13.8 Å². The van der Waals surface area contributed by atoms with E-state index in [4.69, 9.17) is 9.47 Å². The maximum absolute atomic E-state index is 12.4. The molecule has 0 aliphatic rings. The number of hydrogen-bond donors (Lipinski definition) is 1. The number of esters is 1. The number of aryl methyl sites for hydroxylation is 2.